The van der Waals surface area contributed by atoms with E-state index in [-0.39, 0.29) is 18.0 Å². The van der Waals surface area contributed by atoms with Crippen LogP contribution in [-0.4, -0.2) is 31.9 Å². The molecule has 0 saturated heterocycles. The van der Waals surface area contributed by atoms with Gasteiger partial charge in [0, 0.05) is 46.7 Å². The third kappa shape index (κ3) is 3.09. The third-order valence-electron chi connectivity index (χ3n) is 5.39. The van der Waals surface area contributed by atoms with Crippen molar-refractivity contribution in [2.45, 2.75) is 19.5 Å². The van der Waals surface area contributed by atoms with Crippen molar-refractivity contribution in [3.63, 3.8) is 0 Å². The van der Waals surface area contributed by atoms with Crippen molar-refractivity contribution in [1.82, 2.24) is 19.4 Å². The molecule has 0 radical (unpaired) electrons. The highest BCUT2D eigenvalue weighted by Gasteiger charge is 2.24. The van der Waals surface area contributed by atoms with Crippen LogP contribution in [0.25, 0.3) is 21.8 Å². The van der Waals surface area contributed by atoms with E-state index in [0.29, 0.717) is 34.0 Å². The topological polar surface area (TPSA) is 71.0 Å². The number of amides is 1. The van der Waals surface area contributed by atoms with Gasteiger partial charge in [0.15, 0.2) is 0 Å². The molecule has 0 unspecified atom stereocenters. The molecule has 146 valence electrons. The molecular formula is C21H16Cl2N4O2. The average Bonchev–Trinajstić information content (AvgIpc) is 3.08. The summed E-state index contributed by atoms with van der Waals surface area (Å²) in [7, 11) is 0. The Hall–Kier alpha value is -2.83. The van der Waals surface area contributed by atoms with E-state index in [1.807, 2.05) is 18.2 Å². The van der Waals surface area contributed by atoms with Crippen molar-refractivity contribution >= 4 is 50.9 Å². The largest absolute Gasteiger partial charge is 0.358 e. The lowest BCUT2D eigenvalue weighted by Gasteiger charge is -2.27. The molecule has 1 N–H and O–H groups in total. The molecule has 6 nitrogen and oxygen atoms in total. The summed E-state index contributed by atoms with van der Waals surface area (Å²) in [5, 5.41) is 2.10. The van der Waals surface area contributed by atoms with Crippen molar-refractivity contribution in [3.8, 4) is 0 Å². The third-order valence-corrected chi connectivity index (χ3v) is 5.89. The SMILES string of the molecule is O=C(Cn1cnc2c(Cl)cc(Cl)cc2c1=O)N1CCc2[nH]c3ccccc3c2C1. The Morgan fingerprint density at radius 2 is 2.00 bits per heavy atom. The molecule has 1 aliphatic rings. The number of para-hydroxylation sites is 1. The fourth-order valence-electron chi connectivity index (χ4n) is 3.93. The number of carbonyl (C=O) groups excluding carboxylic acids is 1. The molecule has 0 spiro atoms. The Balaban J connectivity index is 1.44. The van der Waals surface area contributed by atoms with Crippen molar-refractivity contribution in [2.24, 2.45) is 0 Å². The van der Waals surface area contributed by atoms with Crippen LogP contribution in [0.3, 0.4) is 0 Å². The second-order valence-corrected chi connectivity index (χ2v) is 8.00. The number of hydrogen-bond donors (Lipinski definition) is 1. The lowest BCUT2D eigenvalue weighted by molar-refractivity contribution is -0.132. The first-order valence-electron chi connectivity index (χ1n) is 9.21. The van der Waals surface area contributed by atoms with Crippen LogP contribution in [0.15, 0.2) is 47.5 Å². The maximum atomic E-state index is 12.9. The van der Waals surface area contributed by atoms with Crippen molar-refractivity contribution in [1.29, 1.82) is 0 Å². The Bertz CT molecular complexity index is 1340. The molecule has 0 fully saturated rings. The highest BCUT2D eigenvalue weighted by Crippen LogP contribution is 2.28. The van der Waals surface area contributed by atoms with E-state index in [1.54, 1.807) is 11.0 Å². The van der Waals surface area contributed by atoms with Gasteiger partial charge in [-0.1, -0.05) is 41.4 Å². The van der Waals surface area contributed by atoms with Crippen LogP contribution in [0.5, 0.6) is 0 Å². The fourth-order valence-corrected chi connectivity index (χ4v) is 4.47. The molecule has 5 rings (SSSR count). The number of rotatable bonds is 2. The van der Waals surface area contributed by atoms with Crippen LogP contribution in [0.4, 0.5) is 0 Å². The minimum absolute atomic E-state index is 0.0798. The smallest absolute Gasteiger partial charge is 0.261 e. The normalized spacial score (nSPS) is 13.8. The van der Waals surface area contributed by atoms with Gasteiger partial charge in [-0.25, -0.2) is 4.98 Å². The van der Waals surface area contributed by atoms with E-state index in [9.17, 15) is 9.59 Å². The van der Waals surface area contributed by atoms with Crippen LogP contribution < -0.4 is 5.56 Å². The summed E-state index contributed by atoms with van der Waals surface area (Å²) < 4.78 is 1.31. The van der Waals surface area contributed by atoms with Gasteiger partial charge in [-0.3, -0.25) is 14.2 Å². The molecule has 2 aromatic carbocycles. The van der Waals surface area contributed by atoms with Crippen LogP contribution in [-0.2, 0) is 24.3 Å². The number of hydrogen-bond acceptors (Lipinski definition) is 3. The van der Waals surface area contributed by atoms with E-state index in [2.05, 4.69) is 16.0 Å². The van der Waals surface area contributed by atoms with Crippen LogP contribution in [0.2, 0.25) is 10.0 Å². The molecule has 1 amide bonds. The zero-order valence-corrected chi connectivity index (χ0v) is 16.8. The van der Waals surface area contributed by atoms with Gasteiger partial charge in [0.05, 0.1) is 22.3 Å². The first-order valence-corrected chi connectivity index (χ1v) is 9.97. The van der Waals surface area contributed by atoms with Crippen LogP contribution >= 0.6 is 23.2 Å². The van der Waals surface area contributed by atoms with Gasteiger partial charge in [-0.05, 0) is 18.2 Å². The van der Waals surface area contributed by atoms with E-state index in [0.717, 1.165) is 22.9 Å². The quantitative estimate of drug-likeness (QED) is 0.530. The molecule has 2 aromatic heterocycles. The number of nitrogens with one attached hydrogen (secondary N) is 1. The number of nitrogens with zero attached hydrogens (tertiary/aromatic N) is 3. The van der Waals surface area contributed by atoms with Gasteiger partial charge in [0.25, 0.3) is 5.56 Å². The van der Waals surface area contributed by atoms with Gasteiger partial charge in [0.1, 0.15) is 6.54 Å². The van der Waals surface area contributed by atoms with Gasteiger partial charge in [-0.2, -0.15) is 0 Å². The summed E-state index contributed by atoms with van der Waals surface area (Å²) in [5.41, 5.74) is 3.44. The molecule has 29 heavy (non-hydrogen) atoms. The first-order chi connectivity index (χ1) is 14.0. The summed E-state index contributed by atoms with van der Waals surface area (Å²) >= 11 is 12.1. The van der Waals surface area contributed by atoms with E-state index in [1.165, 1.54) is 22.7 Å². The number of H-pyrrole nitrogens is 1. The second kappa shape index (κ2) is 6.90. The predicted molar refractivity (Wildman–Crippen MR) is 113 cm³/mol. The number of carbonyl (C=O) groups is 1. The zero-order chi connectivity index (χ0) is 20.1. The number of aromatic amines is 1. The predicted octanol–water partition coefficient (Wildman–Crippen LogP) is 3.77. The van der Waals surface area contributed by atoms with Crippen molar-refractivity contribution in [3.05, 3.63) is 74.4 Å². The molecule has 3 heterocycles. The summed E-state index contributed by atoms with van der Waals surface area (Å²) in [4.78, 5) is 35.2. The monoisotopic (exact) mass is 426 g/mol. The van der Waals surface area contributed by atoms with Crippen molar-refractivity contribution < 1.29 is 4.79 Å². The van der Waals surface area contributed by atoms with Gasteiger partial charge in [0.2, 0.25) is 5.91 Å². The van der Waals surface area contributed by atoms with E-state index < -0.39 is 0 Å². The van der Waals surface area contributed by atoms with E-state index in [4.69, 9.17) is 23.2 Å². The van der Waals surface area contributed by atoms with Crippen LogP contribution in [0, 0.1) is 0 Å². The maximum Gasteiger partial charge on any atom is 0.261 e. The highest BCUT2D eigenvalue weighted by molar-refractivity contribution is 6.38. The molecule has 0 aliphatic carbocycles. The Morgan fingerprint density at radius 1 is 1.17 bits per heavy atom. The fraction of sp³-hybridized carbons (Fsp3) is 0.190. The van der Waals surface area contributed by atoms with Crippen molar-refractivity contribution in [2.75, 3.05) is 6.54 Å². The number of fused-ring (bicyclic) bond motifs is 4. The van der Waals surface area contributed by atoms with Crippen LogP contribution in [0.1, 0.15) is 11.3 Å². The number of benzene rings is 2. The molecular weight excluding hydrogens is 411 g/mol. The summed E-state index contributed by atoms with van der Waals surface area (Å²) in [5.74, 6) is -0.127. The van der Waals surface area contributed by atoms with Gasteiger partial charge < -0.3 is 9.88 Å². The Morgan fingerprint density at radius 3 is 2.86 bits per heavy atom. The minimum atomic E-state index is -0.336. The Kier molecular flexibility index (Phi) is 4.33. The molecule has 4 aromatic rings. The molecule has 0 atom stereocenters. The second-order valence-electron chi connectivity index (χ2n) is 7.15. The van der Waals surface area contributed by atoms with Gasteiger partial charge >= 0.3 is 0 Å². The maximum absolute atomic E-state index is 12.9. The summed E-state index contributed by atoms with van der Waals surface area (Å²) in [6, 6.07) is 11.1. The number of aromatic nitrogens is 3. The lowest BCUT2D eigenvalue weighted by atomic mass is 10.0. The molecule has 0 saturated carbocycles. The van der Waals surface area contributed by atoms with Gasteiger partial charge in [-0.15, -0.1) is 0 Å². The lowest BCUT2D eigenvalue weighted by Crippen LogP contribution is -2.39. The number of halogens is 2. The summed E-state index contributed by atoms with van der Waals surface area (Å²) in [6.07, 6.45) is 2.12. The molecule has 8 heteroatoms. The average molecular weight is 427 g/mol. The first kappa shape index (κ1) is 18.2. The minimum Gasteiger partial charge on any atom is -0.358 e. The van der Waals surface area contributed by atoms with E-state index >= 15 is 0 Å². The Labute approximate surface area is 175 Å². The summed E-state index contributed by atoms with van der Waals surface area (Å²) in [6.45, 7) is 1.04. The highest BCUT2D eigenvalue weighted by atomic mass is 35.5. The standard InChI is InChI=1S/C21H16Cl2N4O2/c22-12-7-14-20(16(23)8-12)24-11-27(21(14)29)10-19(28)26-6-5-18-15(9-26)13-3-1-2-4-17(13)25-18/h1-4,7-8,11,25H,5-6,9-10H2. The molecule has 0 bridgehead atoms. The molecule has 1 aliphatic heterocycles. The zero-order valence-electron chi connectivity index (χ0n) is 15.3.